The molecule has 2 aliphatic rings. The van der Waals surface area contributed by atoms with Crippen LogP contribution in [0, 0.1) is 0 Å². The third kappa shape index (κ3) is 7.77. The van der Waals surface area contributed by atoms with E-state index in [4.69, 9.17) is 4.11 Å². The highest BCUT2D eigenvalue weighted by Crippen LogP contribution is 2.51. The summed E-state index contributed by atoms with van der Waals surface area (Å²) >= 11 is 0. The van der Waals surface area contributed by atoms with Crippen LogP contribution in [0.1, 0.15) is 85.9 Å². The van der Waals surface area contributed by atoms with Crippen molar-refractivity contribution in [3.05, 3.63) is 265 Å². The molecule has 0 radical (unpaired) electrons. The fourth-order valence-corrected chi connectivity index (χ4v) is 15.0. The number of aromatic nitrogens is 2. The van der Waals surface area contributed by atoms with Crippen LogP contribution in [0.4, 0.5) is 17.1 Å². The lowest BCUT2D eigenvalue weighted by Crippen LogP contribution is -2.60. The lowest BCUT2D eigenvalue weighted by atomic mass is 9.33. The van der Waals surface area contributed by atoms with Crippen molar-refractivity contribution in [3.63, 3.8) is 0 Å². The normalized spacial score (nSPS) is 14.0. The molecule has 0 saturated carbocycles. The van der Waals surface area contributed by atoms with Gasteiger partial charge >= 0.3 is 0 Å². The fourth-order valence-electron chi connectivity index (χ4n) is 15.0. The second kappa shape index (κ2) is 18.8. The molecule has 0 bridgehead atoms. The monoisotopic (exact) mass is 1130 g/mol. The molecule has 2 aliphatic heterocycles. The van der Waals surface area contributed by atoms with E-state index in [-0.39, 0.29) is 46.0 Å². The van der Waals surface area contributed by atoms with E-state index in [2.05, 4.69) is 295 Å². The minimum atomic E-state index is -0.416. The van der Waals surface area contributed by atoms with Crippen LogP contribution >= 0.6 is 0 Å². The number of para-hydroxylation sites is 2. The van der Waals surface area contributed by atoms with Crippen molar-refractivity contribution in [1.82, 2.24) is 8.97 Å². The van der Waals surface area contributed by atoms with Gasteiger partial charge in [-0.05, 0) is 153 Å². The Bertz CT molecular complexity index is 5760. The van der Waals surface area contributed by atoms with Crippen molar-refractivity contribution >= 4 is 122 Å². The average molecular weight is 1140 g/mol. The second-order valence-corrected chi connectivity index (χ2v) is 27.7. The van der Waals surface area contributed by atoms with Gasteiger partial charge in [-0.2, -0.15) is 0 Å². The van der Waals surface area contributed by atoms with Gasteiger partial charge < -0.3 is 13.9 Å². The molecule has 3 nitrogen and oxygen atoms in total. The van der Waals surface area contributed by atoms with Crippen LogP contribution in [0.25, 0.3) is 121 Å². The van der Waals surface area contributed by atoms with Crippen molar-refractivity contribution in [1.29, 1.82) is 0 Å². The minimum Gasteiger partial charge on any atom is -0.311 e. The summed E-state index contributed by atoms with van der Waals surface area (Å²) in [7, 11) is 0. The van der Waals surface area contributed by atoms with Crippen molar-refractivity contribution in [3.8, 4) is 39.1 Å². The van der Waals surface area contributed by atoms with E-state index in [1.807, 2.05) is 0 Å². The summed E-state index contributed by atoms with van der Waals surface area (Å²) in [6.07, 6.45) is 0. The van der Waals surface area contributed by atoms with Gasteiger partial charge in [0.05, 0.1) is 34.6 Å². The SMILES string of the molecule is [2H]c1c([2H])c([2H])c(-c2cc3c4c(c2)c2cc(C(C)(C)C)ccc2n4-c2cc4c(c5c2B3c2ccc(-c3cc(C(C)(C)C)cc(C(C)(C)C)c3)cc2N5c2ccc(-c3ccccc3)cc2)c2cccc3c5ccccc5c5ccccc5c5ccccc5n4c32)c([2H])c1[2H]. The molecule has 3 aromatic heterocycles. The van der Waals surface area contributed by atoms with Crippen molar-refractivity contribution in [2.75, 3.05) is 4.90 Å². The van der Waals surface area contributed by atoms with Crippen LogP contribution in [-0.4, -0.2) is 15.7 Å². The molecule has 0 atom stereocenters. The summed E-state index contributed by atoms with van der Waals surface area (Å²) in [5.41, 5.74) is 21.2. The van der Waals surface area contributed by atoms with Gasteiger partial charge in [-0.15, -0.1) is 0 Å². The zero-order chi connectivity index (χ0) is 64.0. The number of rotatable bonds is 4. The molecule has 5 heterocycles. The third-order valence-corrected chi connectivity index (χ3v) is 19.4. The Morgan fingerprint density at radius 2 is 0.920 bits per heavy atom. The highest BCUT2D eigenvalue weighted by Gasteiger charge is 2.45. The molecule has 88 heavy (non-hydrogen) atoms. The van der Waals surface area contributed by atoms with E-state index in [0.717, 1.165) is 132 Å². The van der Waals surface area contributed by atoms with Crippen molar-refractivity contribution in [2.24, 2.45) is 0 Å². The van der Waals surface area contributed by atoms with Crippen molar-refractivity contribution < 1.29 is 6.85 Å². The fraction of sp³-hybridized carbons (Fsp3) is 0.143. The van der Waals surface area contributed by atoms with Crippen LogP contribution in [0.2, 0.25) is 0 Å². The Morgan fingerprint density at radius 1 is 0.341 bits per heavy atom. The lowest BCUT2D eigenvalue weighted by molar-refractivity contribution is 0.569. The predicted molar refractivity (Wildman–Crippen MR) is 380 cm³/mol. The van der Waals surface area contributed by atoms with E-state index < -0.39 is 12.8 Å². The van der Waals surface area contributed by atoms with Gasteiger partial charge in [-0.3, -0.25) is 0 Å². The molecule has 17 rings (SSSR count). The Hall–Kier alpha value is -9.90. The zero-order valence-electron chi connectivity index (χ0n) is 56.2. The van der Waals surface area contributed by atoms with Gasteiger partial charge in [-0.25, -0.2) is 0 Å². The van der Waals surface area contributed by atoms with Gasteiger partial charge in [0, 0.05) is 54.9 Å². The molecule has 0 spiro atoms. The lowest BCUT2D eigenvalue weighted by Gasteiger charge is -2.41. The first-order valence-electron chi connectivity index (χ1n) is 33.5. The Balaban J connectivity index is 1.12. The average Bonchev–Trinajstić information content (AvgIpc) is 1.59. The summed E-state index contributed by atoms with van der Waals surface area (Å²) in [4.78, 5) is 2.58. The first-order valence-corrected chi connectivity index (χ1v) is 31.0. The molecular formula is C84H68BN3. The van der Waals surface area contributed by atoms with E-state index in [9.17, 15) is 2.74 Å². The number of fused-ring (bicyclic) bond motifs is 18. The van der Waals surface area contributed by atoms with Crippen LogP contribution in [0.5, 0.6) is 0 Å². The molecule has 15 aromatic rings. The van der Waals surface area contributed by atoms with Crippen LogP contribution in [-0.2, 0) is 16.2 Å². The maximum Gasteiger partial charge on any atom is 0.252 e. The van der Waals surface area contributed by atoms with E-state index in [1.165, 1.54) is 27.5 Å². The van der Waals surface area contributed by atoms with E-state index >= 15 is 0 Å². The van der Waals surface area contributed by atoms with Gasteiger partial charge in [-0.1, -0.05) is 262 Å². The summed E-state index contributed by atoms with van der Waals surface area (Å²) in [5, 5.41) is 11.1. The molecule has 0 fully saturated rings. The molecule has 422 valence electrons. The summed E-state index contributed by atoms with van der Waals surface area (Å²) in [5.74, 6) is 0. The summed E-state index contributed by atoms with van der Waals surface area (Å²) in [6, 6.07) is 79.8. The van der Waals surface area contributed by atoms with Crippen LogP contribution in [0.3, 0.4) is 0 Å². The number of hydrogen-bond acceptors (Lipinski definition) is 1. The molecule has 12 aromatic carbocycles. The third-order valence-electron chi connectivity index (χ3n) is 19.4. The molecule has 4 heteroatoms. The topological polar surface area (TPSA) is 12.6 Å². The van der Waals surface area contributed by atoms with Crippen molar-refractivity contribution in [2.45, 2.75) is 78.6 Å². The van der Waals surface area contributed by atoms with Gasteiger partial charge in [0.25, 0.3) is 6.71 Å². The number of benzene rings is 12. The van der Waals surface area contributed by atoms with E-state index in [1.54, 1.807) is 0 Å². The predicted octanol–water partition coefficient (Wildman–Crippen LogP) is 20.9. The number of hydrogen-bond donors (Lipinski definition) is 0. The Kier molecular flexibility index (Phi) is 10.1. The molecule has 0 amide bonds. The number of anilines is 3. The number of nitrogens with zero attached hydrogens (tertiary/aromatic N) is 3. The van der Waals surface area contributed by atoms with E-state index in [0.29, 0.717) is 5.56 Å². The smallest absolute Gasteiger partial charge is 0.252 e. The van der Waals surface area contributed by atoms with Crippen LogP contribution < -0.4 is 21.3 Å². The molecule has 0 N–H and O–H groups in total. The van der Waals surface area contributed by atoms with Gasteiger partial charge in [0.2, 0.25) is 0 Å². The highest BCUT2D eigenvalue weighted by molar-refractivity contribution is 7.00. The summed E-state index contributed by atoms with van der Waals surface area (Å²) in [6.45, 7) is 20.2. The molecule has 0 saturated heterocycles. The first-order chi connectivity index (χ1) is 44.6. The minimum absolute atomic E-state index is 0.128. The molecule has 0 aliphatic carbocycles. The molecule has 0 unspecified atom stereocenters. The van der Waals surface area contributed by atoms with Gasteiger partial charge in [0.1, 0.15) is 0 Å². The highest BCUT2D eigenvalue weighted by atomic mass is 15.2. The standard InChI is InChI=1S/C84H68BN3/c1-82(2,3)57-38-42-73-68(49-57)69-45-56(52-25-14-11-15-26-52)46-71-80(69)88(73)76-50-75-77(67-33-22-32-66-64-30-19-17-28-62(64)61-27-16-18-29-63(61)65-31-20-21-34-72(65)87(75)79(66)67)81-78(76)85(71)70-41-37-54(55-43-58(83(4,5)6)48-59(44-55)84(7,8)9)47-74(70)86(81)60-39-35-53(36-40-60)51-23-12-10-13-24-51/h10-50H,1-9H3/i11D,14D,15D,25D,26D. The van der Waals surface area contributed by atoms with Crippen LogP contribution in [0.15, 0.2) is 249 Å². The first kappa shape index (κ1) is 47.3. The maximum atomic E-state index is 9.59. The van der Waals surface area contributed by atoms with Gasteiger partial charge in [0.15, 0.2) is 0 Å². The second-order valence-electron chi connectivity index (χ2n) is 27.7. The Labute approximate surface area is 522 Å². The zero-order valence-corrected chi connectivity index (χ0v) is 51.2. The summed E-state index contributed by atoms with van der Waals surface area (Å²) < 4.78 is 51.2. The largest absolute Gasteiger partial charge is 0.311 e. The Morgan fingerprint density at radius 3 is 1.60 bits per heavy atom. The maximum absolute atomic E-state index is 9.59. The quantitative estimate of drug-likeness (QED) is 0.160. The molecular weight excluding hydrogens is 1060 g/mol.